The van der Waals surface area contributed by atoms with Gasteiger partial charge < -0.3 is 5.73 Å². The standard InChI is InChI=1S/C9H9BrN2O2/c10-7-2-1-5(6-4-8(6)11)3-9(7)12(13)14/h1-3,6,8H,4,11H2/t6-,8+/m0/s1. The maximum atomic E-state index is 10.6. The molecule has 0 saturated heterocycles. The molecule has 1 aromatic carbocycles. The Balaban J connectivity index is 2.36. The predicted molar refractivity (Wildman–Crippen MR) is 56.1 cm³/mol. The van der Waals surface area contributed by atoms with Gasteiger partial charge in [0.2, 0.25) is 0 Å². The summed E-state index contributed by atoms with van der Waals surface area (Å²) < 4.78 is 0.514. The van der Waals surface area contributed by atoms with Crippen molar-refractivity contribution in [3.05, 3.63) is 38.3 Å². The van der Waals surface area contributed by atoms with Crippen LogP contribution in [0.1, 0.15) is 17.9 Å². The van der Waals surface area contributed by atoms with Gasteiger partial charge in [-0.25, -0.2) is 0 Å². The third kappa shape index (κ3) is 1.65. The summed E-state index contributed by atoms with van der Waals surface area (Å²) in [5.41, 5.74) is 6.76. The molecule has 0 unspecified atom stereocenters. The van der Waals surface area contributed by atoms with Crippen molar-refractivity contribution in [2.75, 3.05) is 0 Å². The van der Waals surface area contributed by atoms with Crippen LogP contribution in [0.3, 0.4) is 0 Å². The normalized spacial score (nSPS) is 24.7. The second-order valence-corrected chi connectivity index (χ2v) is 4.33. The molecule has 2 atom stereocenters. The van der Waals surface area contributed by atoms with Crippen LogP contribution in [-0.4, -0.2) is 11.0 Å². The number of benzene rings is 1. The molecule has 1 aliphatic rings. The van der Waals surface area contributed by atoms with Gasteiger partial charge in [-0.05, 0) is 34.0 Å². The van der Waals surface area contributed by atoms with Gasteiger partial charge in [0, 0.05) is 18.0 Å². The molecule has 1 saturated carbocycles. The molecular weight excluding hydrogens is 248 g/mol. The van der Waals surface area contributed by atoms with Crippen LogP contribution < -0.4 is 5.73 Å². The van der Waals surface area contributed by atoms with E-state index in [2.05, 4.69) is 15.9 Å². The Morgan fingerprint density at radius 3 is 2.71 bits per heavy atom. The summed E-state index contributed by atoms with van der Waals surface area (Å²) in [5.74, 6) is 0.307. The lowest BCUT2D eigenvalue weighted by Gasteiger charge is -2.00. The second kappa shape index (κ2) is 3.33. The molecule has 1 aliphatic carbocycles. The zero-order chi connectivity index (χ0) is 10.3. The average molecular weight is 257 g/mol. The summed E-state index contributed by atoms with van der Waals surface area (Å²) in [6, 6.07) is 5.37. The molecule has 0 spiro atoms. The molecule has 14 heavy (non-hydrogen) atoms. The van der Waals surface area contributed by atoms with E-state index in [0.717, 1.165) is 12.0 Å². The summed E-state index contributed by atoms with van der Waals surface area (Å²) in [5, 5.41) is 10.6. The molecule has 2 N–H and O–H groups in total. The van der Waals surface area contributed by atoms with E-state index in [4.69, 9.17) is 5.73 Å². The second-order valence-electron chi connectivity index (χ2n) is 3.47. The Labute approximate surface area is 89.4 Å². The molecule has 0 aliphatic heterocycles. The van der Waals surface area contributed by atoms with Gasteiger partial charge in [0.25, 0.3) is 5.69 Å². The first-order valence-electron chi connectivity index (χ1n) is 4.29. The van der Waals surface area contributed by atoms with Crippen molar-refractivity contribution in [1.82, 2.24) is 0 Å². The van der Waals surface area contributed by atoms with Gasteiger partial charge in [-0.2, -0.15) is 0 Å². The van der Waals surface area contributed by atoms with E-state index >= 15 is 0 Å². The maximum Gasteiger partial charge on any atom is 0.283 e. The van der Waals surface area contributed by atoms with Crippen LogP contribution in [0.25, 0.3) is 0 Å². The average Bonchev–Trinajstić information content (AvgIpc) is 2.83. The van der Waals surface area contributed by atoms with Crippen LogP contribution in [0.5, 0.6) is 0 Å². The van der Waals surface area contributed by atoms with Crippen molar-refractivity contribution >= 4 is 21.6 Å². The summed E-state index contributed by atoms with van der Waals surface area (Å²) in [6.07, 6.45) is 0.929. The van der Waals surface area contributed by atoms with E-state index in [0.29, 0.717) is 10.4 Å². The Bertz CT molecular complexity index is 394. The SMILES string of the molecule is N[C@@H]1C[C@H]1c1ccc(Br)c([N+](=O)[O-])c1. The quantitative estimate of drug-likeness (QED) is 0.652. The number of halogens is 1. The minimum atomic E-state index is -0.387. The molecule has 74 valence electrons. The van der Waals surface area contributed by atoms with Crippen LogP contribution in [0.2, 0.25) is 0 Å². The van der Waals surface area contributed by atoms with Crippen LogP contribution >= 0.6 is 15.9 Å². The van der Waals surface area contributed by atoms with Gasteiger partial charge in [-0.3, -0.25) is 10.1 Å². The molecule has 0 amide bonds. The van der Waals surface area contributed by atoms with Gasteiger partial charge in [0.05, 0.1) is 9.40 Å². The van der Waals surface area contributed by atoms with Crippen molar-refractivity contribution in [3.63, 3.8) is 0 Å². The first-order valence-corrected chi connectivity index (χ1v) is 5.08. The van der Waals surface area contributed by atoms with Crippen molar-refractivity contribution in [2.45, 2.75) is 18.4 Å². The van der Waals surface area contributed by atoms with E-state index < -0.39 is 0 Å². The predicted octanol–water partition coefficient (Wildman–Crippen LogP) is 2.17. The van der Waals surface area contributed by atoms with Gasteiger partial charge in [-0.15, -0.1) is 0 Å². The topological polar surface area (TPSA) is 69.2 Å². The van der Waals surface area contributed by atoms with Crippen molar-refractivity contribution < 1.29 is 4.92 Å². The Morgan fingerprint density at radius 2 is 2.21 bits per heavy atom. The Hall–Kier alpha value is -0.940. The highest BCUT2D eigenvalue weighted by molar-refractivity contribution is 9.10. The smallest absolute Gasteiger partial charge is 0.283 e. The molecular formula is C9H9BrN2O2. The van der Waals surface area contributed by atoms with E-state index in [1.165, 1.54) is 0 Å². The van der Waals surface area contributed by atoms with Crippen molar-refractivity contribution in [3.8, 4) is 0 Å². The van der Waals surface area contributed by atoms with Crippen LogP contribution in [-0.2, 0) is 0 Å². The van der Waals surface area contributed by atoms with E-state index in [-0.39, 0.29) is 16.7 Å². The molecule has 0 bridgehead atoms. The fourth-order valence-corrected chi connectivity index (χ4v) is 1.89. The zero-order valence-electron chi connectivity index (χ0n) is 7.31. The molecule has 0 heterocycles. The highest BCUT2D eigenvalue weighted by atomic mass is 79.9. The summed E-state index contributed by atoms with van der Waals surface area (Å²) in [6.45, 7) is 0. The van der Waals surface area contributed by atoms with Gasteiger partial charge in [-0.1, -0.05) is 6.07 Å². The molecule has 0 radical (unpaired) electrons. The van der Waals surface area contributed by atoms with Gasteiger partial charge in [0.1, 0.15) is 0 Å². The largest absolute Gasteiger partial charge is 0.327 e. The number of nitrogens with zero attached hydrogens (tertiary/aromatic N) is 1. The molecule has 5 heteroatoms. The van der Waals surface area contributed by atoms with E-state index in [9.17, 15) is 10.1 Å². The summed E-state index contributed by atoms with van der Waals surface area (Å²) >= 11 is 3.14. The van der Waals surface area contributed by atoms with Crippen LogP contribution in [0, 0.1) is 10.1 Å². The van der Waals surface area contributed by atoms with Gasteiger partial charge >= 0.3 is 0 Å². The lowest BCUT2D eigenvalue weighted by Crippen LogP contribution is -2.01. The molecule has 1 fully saturated rings. The Kier molecular flexibility index (Phi) is 2.28. The fourth-order valence-electron chi connectivity index (χ4n) is 1.50. The molecule has 0 aromatic heterocycles. The van der Waals surface area contributed by atoms with E-state index in [1.54, 1.807) is 12.1 Å². The molecule has 4 nitrogen and oxygen atoms in total. The van der Waals surface area contributed by atoms with Crippen molar-refractivity contribution in [1.29, 1.82) is 0 Å². The number of hydrogen-bond donors (Lipinski definition) is 1. The number of rotatable bonds is 2. The third-order valence-corrected chi connectivity index (χ3v) is 3.11. The first-order chi connectivity index (χ1) is 6.59. The van der Waals surface area contributed by atoms with E-state index in [1.807, 2.05) is 6.07 Å². The lowest BCUT2D eigenvalue weighted by atomic mass is 10.1. The van der Waals surface area contributed by atoms with Crippen molar-refractivity contribution in [2.24, 2.45) is 5.73 Å². The third-order valence-electron chi connectivity index (χ3n) is 2.43. The first kappa shape index (κ1) is 9.61. The highest BCUT2D eigenvalue weighted by Crippen LogP contribution is 2.41. The fraction of sp³-hybridized carbons (Fsp3) is 0.333. The minimum absolute atomic E-state index is 0.113. The monoisotopic (exact) mass is 256 g/mol. The highest BCUT2D eigenvalue weighted by Gasteiger charge is 2.35. The number of hydrogen-bond acceptors (Lipinski definition) is 3. The number of nitrogens with two attached hydrogens (primary N) is 1. The minimum Gasteiger partial charge on any atom is -0.327 e. The molecule has 1 aromatic rings. The number of nitro benzene ring substituents is 1. The van der Waals surface area contributed by atoms with Crippen LogP contribution in [0.15, 0.2) is 22.7 Å². The summed E-state index contributed by atoms with van der Waals surface area (Å²) in [7, 11) is 0. The van der Waals surface area contributed by atoms with Gasteiger partial charge in [0.15, 0.2) is 0 Å². The summed E-state index contributed by atoms with van der Waals surface area (Å²) in [4.78, 5) is 10.3. The Morgan fingerprint density at radius 1 is 1.57 bits per heavy atom. The lowest BCUT2D eigenvalue weighted by molar-refractivity contribution is -0.385. The number of nitro groups is 1. The van der Waals surface area contributed by atoms with Crippen LogP contribution in [0.4, 0.5) is 5.69 Å². The molecule has 2 rings (SSSR count). The zero-order valence-corrected chi connectivity index (χ0v) is 8.90. The maximum absolute atomic E-state index is 10.6.